The molecule has 7 nitrogen and oxygen atoms in total. The maximum Gasteiger partial charge on any atom is 0.243 e. The first-order valence-electron chi connectivity index (χ1n) is 8.21. The molecule has 0 amide bonds. The molecule has 0 saturated carbocycles. The molecule has 26 heavy (non-hydrogen) atoms. The van der Waals surface area contributed by atoms with Crippen LogP contribution in [0.15, 0.2) is 42.5 Å². The first kappa shape index (κ1) is 17.1. The van der Waals surface area contributed by atoms with Crippen LogP contribution in [0, 0.1) is 3.57 Å². The summed E-state index contributed by atoms with van der Waals surface area (Å²) in [7, 11) is 3.27. The Hall–Kier alpha value is -2.36. The van der Waals surface area contributed by atoms with Gasteiger partial charge in [0.15, 0.2) is 11.5 Å². The molecule has 1 aromatic heterocycles. The molecule has 0 spiro atoms. The summed E-state index contributed by atoms with van der Waals surface area (Å²) < 4.78 is 13.8. The third kappa shape index (κ3) is 3.09. The van der Waals surface area contributed by atoms with E-state index in [1.807, 2.05) is 22.9 Å². The maximum absolute atomic E-state index is 5.46. The quantitative estimate of drug-likeness (QED) is 0.598. The average molecular weight is 463 g/mol. The third-order valence-corrected chi connectivity index (χ3v) is 5.33. The Morgan fingerprint density at radius 1 is 1.04 bits per heavy atom. The first-order chi connectivity index (χ1) is 12.7. The van der Waals surface area contributed by atoms with Gasteiger partial charge in [0.1, 0.15) is 0 Å². The monoisotopic (exact) mass is 463 g/mol. The molecule has 3 aromatic rings. The van der Waals surface area contributed by atoms with Crippen molar-refractivity contribution in [2.75, 3.05) is 19.5 Å². The van der Waals surface area contributed by atoms with Crippen molar-refractivity contribution in [3.63, 3.8) is 0 Å². The van der Waals surface area contributed by atoms with Crippen LogP contribution in [-0.4, -0.2) is 34.4 Å². The highest BCUT2D eigenvalue weighted by molar-refractivity contribution is 14.1. The van der Waals surface area contributed by atoms with Gasteiger partial charge in [0.05, 0.1) is 26.3 Å². The van der Waals surface area contributed by atoms with Crippen LogP contribution in [0.25, 0.3) is 0 Å². The van der Waals surface area contributed by atoms with Crippen LogP contribution in [0.4, 0.5) is 5.95 Å². The number of hydrogen-bond acceptors (Lipinski definition) is 6. The van der Waals surface area contributed by atoms with Gasteiger partial charge in [-0.05, 0) is 74.8 Å². The number of nitrogens with zero attached hydrogens (tertiary/aromatic N) is 4. The summed E-state index contributed by atoms with van der Waals surface area (Å²) in [5, 5.41) is 15.6. The molecule has 2 aromatic carbocycles. The predicted octanol–water partition coefficient (Wildman–Crippen LogP) is 3.44. The van der Waals surface area contributed by atoms with Gasteiger partial charge in [-0.15, -0.1) is 0 Å². The minimum atomic E-state index is 0.00494. The second-order valence-electron chi connectivity index (χ2n) is 6.06. The number of halogens is 1. The molecule has 134 valence electrons. The number of hydrogen-bond donors (Lipinski definition) is 1. The van der Waals surface area contributed by atoms with Crippen LogP contribution in [0.5, 0.6) is 11.5 Å². The lowest BCUT2D eigenvalue weighted by Crippen LogP contribution is -2.28. The van der Waals surface area contributed by atoms with Crippen molar-refractivity contribution >= 4 is 28.5 Å². The standard InChI is InChI=1S/C18H18IN5O2/c1-25-16-8-5-12(9-17(16)26-2)15-10-14(11-3-6-13(19)7-4-11)20-18-21-22-23-24(15)18/h3-9,14-15H,10H2,1-2H3,(H,20,21,23). The number of tetrazole rings is 1. The van der Waals surface area contributed by atoms with Crippen molar-refractivity contribution in [3.05, 3.63) is 57.2 Å². The Balaban J connectivity index is 1.72. The zero-order chi connectivity index (χ0) is 18.1. The van der Waals surface area contributed by atoms with Gasteiger partial charge in [-0.3, -0.25) is 0 Å². The lowest BCUT2D eigenvalue weighted by molar-refractivity contribution is 0.352. The number of anilines is 1. The topological polar surface area (TPSA) is 74.1 Å². The van der Waals surface area contributed by atoms with E-state index in [1.54, 1.807) is 14.2 Å². The number of rotatable bonds is 4. The lowest BCUT2D eigenvalue weighted by Gasteiger charge is -2.31. The number of benzene rings is 2. The van der Waals surface area contributed by atoms with E-state index in [9.17, 15) is 0 Å². The van der Waals surface area contributed by atoms with E-state index < -0.39 is 0 Å². The summed E-state index contributed by atoms with van der Waals surface area (Å²) in [5.41, 5.74) is 2.29. The van der Waals surface area contributed by atoms with Crippen LogP contribution in [-0.2, 0) is 0 Å². The van der Waals surface area contributed by atoms with Crippen molar-refractivity contribution in [1.29, 1.82) is 0 Å². The molecule has 1 aliphatic rings. The Bertz CT molecular complexity index is 912. The average Bonchev–Trinajstić information content (AvgIpc) is 3.16. The normalized spacial score (nSPS) is 18.7. The molecule has 0 bridgehead atoms. The number of methoxy groups -OCH3 is 2. The highest BCUT2D eigenvalue weighted by Crippen LogP contribution is 2.39. The summed E-state index contributed by atoms with van der Waals surface area (Å²) >= 11 is 2.31. The second-order valence-corrected chi connectivity index (χ2v) is 7.31. The summed E-state index contributed by atoms with van der Waals surface area (Å²) in [6, 6.07) is 14.6. The molecule has 2 heterocycles. The minimum Gasteiger partial charge on any atom is -0.493 e. The molecule has 2 unspecified atom stereocenters. The van der Waals surface area contributed by atoms with Gasteiger partial charge in [0.25, 0.3) is 0 Å². The van der Waals surface area contributed by atoms with E-state index in [0.717, 1.165) is 12.0 Å². The van der Waals surface area contributed by atoms with Crippen molar-refractivity contribution in [2.24, 2.45) is 0 Å². The molecule has 1 aliphatic heterocycles. The first-order valence-corrected chi connectivity index (χ1v) is 9.29. The Labute approximate surface area is 164 Å². The molecule has 1 N–H and O–H groups in total. The van der Waals surface area contributed by atoms with E-state index in [1.165, 1.54) is 9.13 Å². The lowest BCUT2D eigenvalue weighted by atomic mass is 9.93. The molecule has 0 saturated heterocycles. The highest BCUT2D eigenvalue weighted by Gasteiger charge is 2.31. The van der Waals surface area contributed by atoms with Crippen LogP contribution in [0.2, 0.25) is 0 Å². The zero-order valence-corrected chi connectivity index (χ0v) is 16.5. The van der Waals surface area contributed by atoms with Crippen molar-refractivity contribution in [3.8, 4) is 11.5 Å². The predicted molar refractivity (Wildman–Crippen MR) is 106 cm³/mol. The number of ether oxygens (including phenoxy) is 2. The van der Waals surface area contributed by atoms with E-state index in [4.69, 9.17) is 9.47 Å². The van der Waals surface area contributed by atoms with Crippen LogP contribution in [0.1, 0.15) is 29.6 Å². The van der Waals surface area contributed by atoms with Crippen molar-refractivity contribution in [2.45, 2.75) is 18.5 Å². The number of nitrogens with one attached hydrogen (secondary N) is 1. The Morgan fingerprint density at radius 3 is 2.50 bits per heavy atom. The molecule has 8 heteroatoms. The fourth-order valence-electron chi connectivity index (χ4n) is 3.29. The van der Waals surface area contributed by atoms with Crippen LogP contribution >= 0.6 is 22.6 Å². The molecular weight excluding hydrogens is 445 g/mol. The summed E-state index contributed by atoms with van der Waals surface area (Å²) in [6.07, 6.45) is 0.827. The summed E-state index contributed by atoms with van der Waals surface area (Å²) in [6.45, 7) is 0. The molecule has 0 aliphatic carbocycles. The number of aromatic nitrogens is 4. The highest BCUT2D eigenvalue weighted by atomic mass is 127. The maximum atomic E-state index is 5.46. The fourth-order valence-corrected chi connectivity index (χ4v) is 3.65. The third-order valence-electron chi connectivity index (χ3n) is 4.62. The van der Waals surface area contributed by atoms with Gasteiger partial charge in [-0.25, -0.2) is 4.68 Å². The summed E-state index contributed by atoms with van der Waals surface area (Å²) in [5.74, 6) is 2.07. The minimum absolute atomic E-state index is 0.00494. The van der Waals surface area contributed by atoms with Crippen molar-refractivity contribution < 1.29 is 9.47 Å². The van der Waals surface area contributed by atoms with Gasteiger partial charge >= 0.3 is 0 Å². The van der Waals surface area contributed by atoms with E-state index in [0.29, 0.717) is 17.4 Å². The fraction of sp³-hybridized carbons (Fsp3) is 0.278. The largest absolute Gasteiger partial charge is 0.493 e. The SMILES string of the molecule is COc1ccc(C2CC(c3ccc(I)cc3)Nc3nnnn32)cc1OC. The molecule has 0 fully saturated rings. The van der Waals surface area contributed by atoms with Gasteiger partial charge < -0.3 is 14.8 Å². The van der Waals surface area contributed by atoms with Gasteiger partial charge in [0, 0.05) is 3.57 Å². The van der Waals surface area contributed by atoms with Crippen LogP contribution < -0.4 is 14.8 Å². The Kier molecular flexibility index (Phi) is 4.66. The van der Waals surface area contributed by atoms with Gasteiger partial charge in [-0.1, -0.05) is 23.3 Å². The molecule has 4 rings (SSSR count). The van der Waals surface area contributed by atoms with Crippen molar-refractivity contribution in [1.82, 2.24) is 20.2 Å². The smallest absolute Gasteiger partial charge is 0.243 e. The van der Waals surface area contributed by atoms with Gasteiger partial charge in [-0.2, -0.15) is 0 Å². The molecule has 2 atom stereocenters. The molecular formula is C18H18IN5O2. The number of fused-ring (bicyclic) bond motifs is 1. The Morgan fingerprint density at radius 2 is 1.77 bits per heavy atom. The van der Waals surface area contributed by atoms with E-state index >= 15 is 0 Å². The van der Waals surface area contributed by atoms with E-state index in [-0.39, 0.29) is 12.1 Å². The second kappa shape index (κ2) is 7.10. The zero-order valence-electron chi connectivity index (χ0n) is 14.4. The van der Waals surface area contributed by atoms with Crippen LogP contribution in [0.3, 0.4) is 0 Å². The summed E-state index contributed by atoms with van der Waals surface area (Å²) in [4.78, 5) is 0. The van der Waals surface area contributed by atoms with Gasteiger partial charge in [0.2, 0.25) is 5.95 Å². The van der Waals surface area contributed by atoms with E-state index in [2.05, 4.69) is 67.7 Å². The molecule has 0 radical (unpaired) electrons.